The van der Waals surface area contributed by atoms with Gasteiger partial charge >= 0.3 is 0 Å². The van der Waals surface area contributed by atoms with Gasteiger partial charge in [0.05, 0.1) is 6.54 Å². The van der Waals surface area contributed by atoms with E-state index in [0.717, 1.165) is 46.8 Å². The number of aliphatic imine (C=N–C) groups is 1. The molecule has 9 heteroatoms. The van der Waals surface area contributed by atoms with Crippen molar-refractivity contribution in [3.63, 3.8) is 0 Å². The summed E-state index contributed by atoms with van der Waals surface area (Å²) in [6.07, 6.45) is 9.87. The number of aromatic amines is 1. The van der Waals surface area contributed by atoms with Gasteiger partial charge in [-0.15, -0.1) is 24.0 Å². The molecule has 0 saturated heterocycles. The van der Waals surface area contributed by atoms with Gasteiger partial charge in [0.15, 0.2) is 5.96 Å². The van der Waals surface area contributed by atoms with Crippen molar-refractivity contribution in [1.82, 2.24) is 30.2 Å². The predicted molar refractivity (Wildman–Crippen MR) is 132 cm³/mol. The standard InChI is InChI=1S/C22H24FN7.HI/c1-2-25-22(26-8-7-17-14-27-20-11-18(23)4-5-19(17)20)29-13-16-3-6-21(28-12-16)30-10-9-24-15-30;/h3-6,9-12,14-15,27H,2,7-8,13H2,1H3,(H2,25,26,29);1H. The number of rotatable bonds is 7. The first-order valence-corrected chi connectivity index (χ1v) is 9.94. The van der Waals surface area contributed by atoms with Gasteiger partial charge in [0.1, 0.15) is 18.0 Å². The summed E-state index contributed by atoms with van der Waals surface area (Å²) in [6, 6.07) is 8.79. The number of hydrogen-bond acceptors (Lipinski definition) is 3. The second-order valence-electron chi connectivity index (χ2n) is 6.87. The first-order valence-electron chi connectivity index (χ1n) is 9.94. The monoisotopic (exact) mass is 533 g/mol. The molecule has 4 aromatic rings. The second-order valence-corrected chi connectivity index (χ2v) is 6.87. The molecule has 0 aliphatic rings. The summed E-state index contributed by atoms with van der Waals surface area (Å²) in [5.74, 6) is 1.34. The number of aromatic nitrogens is 4. The molecule has 0 atom stereocenters. The van der Waals surface area contributed by atoms with Gasteiger partial charge in [0, 0.05) is 48.8 Å². The largest absolute Gasteiger partial charge is 0.361 e. The fourth-order valence-corrected chi connectivity index (χ4v) is 3.25. The molecule has 0 aliphatic heterocycles. The van der Waals surface area contributed by atoms with Crippen molar-refractivity contribution in [2.24, 2.45) is 4.99 Å². The fourth-order valence-electron chi connectivity index (χ4n) is 3.25. The van der Waals surface area contributed by atoms with E-state index in [1.54, 1.807) is 12.5 Å². The number of nitrogens with one attached hydrogen (secondary N) is 3. The first kappa shape index (κ1) is 22.7. The summed E-state index contributed by atoms with van der Waals surface area (Å²) < 4.78 is 15.2. The lowest BCUT2D eigenvalue weighted by atomic mass is 10.1. The van der Waals surface area contributed by atoms with Gasteiger partial charge in [0.2, 0.25) is 0 Å². The van der Waals surface area contributed by atoms with Crippen LogP contribution in [0.15, 0.2) is 66.4 Å². The van der Waals surface area contributed by atoms with Crippen LogP contribution in [0.25, 0.3) is 16.7 Å². The van der Waals surface area contributed by atoms with E-state index >= 15 is 0 Å². The number of benzene rings is 1. The summed E-state index contributed by atoms with van der Waals surface area (Å²) in [6.45, 7) is 4.05. The van der Waals surface area contributed by atoms with Crippen LogP contribution in [-0.2, 0) is 13.0 Å². The molecular weight excluding hydrogens is 508 g/mol. The van der Waals surface area contributed by atoms with Gasteiger partial charge in [-0.2, -0.15) is 0 Å². The number of guanidine groups is 1. The third-order valence-corrected chi connectivity index (χ3v) is 4.76. The van der Waals surface area contributed by atoms with E-state index in [0.29, 0.717) is 13.1 Å². The Hall–Kier alpha value is -2.95. The highest BCUT2D eigenvalue weighted by Crippen LogP contribution is 2.19. The van der Waals surface area contributed by atoms with Gasteiger partial charge in [-0.05, 0) is 48.7 Å². The smallest absolute Gasteiger partial charge is 0.191 e. The Kier molecular flexibility index (Phi) is 7.99. The lowest BCUT2D eigenvalue weighted by molar-refractivity contribution is 0.629. The van der Waals surface area contributed by atoms with Crippen molar-refractivity contribution in [3.05, 3.63) is 78.4 Å². The van der Waals surface area contributed by atoms with Crippen molar-refractivity contribution < 1.29 is 4.39 Å². The van der Waals surface area contributed by atoms with E-state index in [9.17, 15) is 4.39 Å². The van der Waals surface area contributed by atoms with Crippen LogP contribution in [0.3, 0.4) is 0 Å². The van der Waals surface area contributed by atoms with Crippen LogP contribution in [0, 0.1) is 5.82 Å². The molecule has 0 spiro atoms. The Morgan fingerprint density at radius 2 is 2.13 bits per heavy atom. The van der Waals surface area contributed by atoms with Crippen LogP contribution in [0.4, 0.5) is 4.39 Å². The summed E-state index contributed by atoms with van der Waals surface area (Å²) in [7, 11) is 0. The Labute approximate surface area is 197 Å². The van der Waals surface area contributed by atoms with Gasteiger partial charge in [0.25, 0.3) is 0 Å². The molecule has 0 aliphatic carbocycles. The van der Waals surface area contributed by atoms with Gasteiger partial charge in [-0.3, -0.25) is 4.57 Å². The average molecular weight is 533 g/mol. The third-order valence-electron chi connectivity index (χ3n) is 4.76. The summed E-state index contributed by atoms with van der Waals surface area (Å²) >= 11 is 0. The number of imidazole rings is 1. The summed E-state index contributed by atoms with van der Waals surface area (Å²) in [5.41, 5.74) is 2.99. The number of H-pyrrole nitrogens is 1. The van der Waals surface area contributed by atoms with E-state index in [4.69, 9.17) is 0 Å². The third kappa shape index (κ3) is 5.81. The molecular formula is C22H25FIN7. The highest BCUT2D eigenvalue weighted by Gasteiger charge is 2.05. The Morgan fingerprint density at radius 3 is 2.87 bits per heavy atom. The number of halogens is 2. The van der Waals surface area contributed by atoms with Crippen LogP contribution in [0.2, 0.25) is 0 Å². The molecule has 0 amide bonds. The quantitative estimate of drug-likeness (QED) is 0.192. The Morgan fingerprint density at radius 1 is 1.23 bits per heavy atom. The van der Waals surface area contributed by atoms with Crippen LogP contribution in [-0.4, -0.2) is 38.6 Å². The van der Waals surface area contributed by atoms with E-state index in [1.165, 1.54) is 12.1 Å². The lowest BCUT2D eigenvalue weighted by Gasteiger charge is -2.11. The Bertz CT molecular complexity index is 1120. The van der Waals surface area contributed by atoms with E-state index < -0.39 is 0 Å². The Balaban J connectivity index is 0.00000272. The molecule has 0 saturated carbocycles. The maximum atomic E-state index is 13.3. The SMILES string of the molecule is CCNC(=NCc1ccc(-n2ccnc2)nc1)NCCc1c[nH]c2cc(F)ccc12.I. The molecule has 3 heterocycles. The number of hydrogen-bond donors (Lipinski definition) is 3. The van der Waals surface area contributed by atoms with Gasteiger partial charge < -0.3 is 15.6 Å². The zero-order valence-electron chi connectivity index (χ0n) is 17.2. The number of fused-ring (bicyclic) bond motifs is 1. The lowest BCUT2D eigenvalue weighted by Crippen LogP contribution is -2.38. The fraction of sp³-hybridized carbons (Fsp3) is 0.227. The van der Waals surface area contributed by atoms with Crippen molar-refractivity contribution in [2.75, 3.05) is 13.1 Å². The minimum Gasteiger partial charge on any atom is -0.361 e. The molecule has 0 fully saturated rings. The van der Waals surface area contributed by atoms with Gasteiger partial charge in [-0.25, -0.2) is 19.4 Å². The van der Waals surface area contributed by atoms with Crippen LogP contribution in [0.1, 0.15) is 18.1 Å². The molecule has 3 N–H and O–H groups in total. The minimum absolute atomic E-state index is 0. The molecule has 0 unspecified atom stereocenters. The minimum atomic E-state index is -0.233. The number of nitrogens with zero attached hydrogens (tertiary/aromatic N) is 4. The molecule has 4 rings (SSSR count). The maximum Gasteiger partial charge on any atom is 0.191 e. The zero-order valence-corrected chi connectivity index (χ0v) is 19.5. The molecule has 3 aromatic heterocycles. The summed E-state index contributed by atoms with van der Waals surface area (Å²) in [5, 5.41) is 7.66. The number of pyridine rings is 1. The predicted octanol–water partition coefficient (Wildman–Crippen LogP) is 3.80. The molecule has 1 aromatic carbocycles. The van der Waals surface area contributed by atoms with E-state index in [-0.39, 0.29) is 29.8 Å². The van der Waals surface area contributed by atoms with Crippen LogP contribution in [0.5, 0.6) is 0 Å². The van der Waals surface area contributed by atoms with Crippen molar-refractivity contribution in [3.8, 4) is 5.82 Å². The van der Waals surface area contributed by atoms with Gasteiger partial charge in [-0.1, -0.05) is 6.07 Å². The van der Waals surface area contributed by atoms with Crippen LogP contribution >= 0.6 is 24.0 Å². The molecule has 0 bridgehead atoms. The van der Waals surface area contributed by atoms with Crippen LogP contribution < -0.4 is 10.6 Å². The maximum absolute atomic E-state index is 13.3. The average Bonchev–Trinajstić information content (AvgIpc) is 3.43. The topological polar surface area (TPSA) is 82.9 Å². The van der Waals surface area contributed by atoms with Crippen molar-refractivity contribution in [1.29, 1.82) is 0 Å². The van der Waals surface area contributed by atoms with E-state index in [1.807, 2.05) is 48.3 Å². The second kappa shape index (κ2) is 10.9. The molecule has 7 nitrogen and oxygen atoms in total. The van der Waals surface area contributed by atoms with Crippen molar-refractivity contribution in [2.45, 2.75) is 19.9 Å². The summed E-state index contributed by atoms with van der Waals surface area (Å²) in [4.78, 5) is 16.3. The highest BCUT2D eigenvalue weighted by molar-refractivity contribution is 14.0. The molecule has 0 radical (unpaired) electrons. The first-order chi connectivity index (χ1) is 14.7. The van der Waals surface area contributed by atoms with Crippen molar-refractivity contribution >= 4 is 40.8 Å². The normalized spacial score (nSPS) is 11.4. The zero-order chi connectivity index (χ0) is 20.8. The highest BCUT2D eigenvalue weighted by atomic mass is 127. The molecule has 31 heavy (non-hydrogen) atoms. The molecule has 162 valence electrons. The van der Waals surface area contributed by atoms with E-state index in [2.05, 4.69) is 30.6 Å².